The summed E-state index contributed by atoms with van der Waals surface area (Å²) in [5, 5.41) is 13.0. The number of aliphatic hydroxyl groups excluding tert-OH is 1. The van der Waals surface area contributed by atoms with Gasteiger partial charge in [-0.2, -0.15) is 0 Å². The number of amides is 1. The Bertz CT molecular complexity index is 730. The van der Waals surface area contributed by atoms with Crippen LogP contribution in [-0.4, -0.2) is 83.6 Å². The molecule has 1 aromatic rings. The van der Waals surface area contributed by atoms with E-state index >= 15 is 0 Å². The van der Waals surface area contributed by atoms with Crippen molar-refractivity contribution < 1.29 is 9.90 Å². The van der Waals surface area contributed by atoms with E-state index in [1.54, 1.807) is 7.05 Å². The molecule has 0 aromatic heterocycles. The van der Waals surface area contributed by atoms with E-state index in [1.165, 1.54) is 11.1 Å². The Morgan fingerprint density at radius 3 is 2.33 bits per heavy atom. The fourth-order valence-electron chi connectivity index (χ4n) is 4.25. The fraction of sp³-hybridized carbons (Fsp3) is 0.636. The fourth-order valence-corrected chi connectivity index (χ4v) is 4.25. The van der Waals surface area contributed by atoms with E-state index in [-0.39, 0.29) is 36.0 Å². The second-order valence-corrected chi connectivity index (χ2v) is 8.46. The molecule has 2 aliphatic heterocycles. The number of likely N-dealkylation sites (tertiary alicyclic amines) is 1. The van der Waals surface area contributed by atoms with Crippen molar-refractivity contribution in [3.05, 3.63) is 35.4 Å². The first kappa shape index (κ1) is 23.3. The maximum Gasteiger partial charge on any atom is 0.242 e. The van der Waals surface area contributed by atoms with Crippen molar-refractivity contribution in [2.45, 2.75) is 50.9 Å². The van der Waals surface area contributed by atoms with Crippen LogP contribution < -0.4 is 5.32 Å². The lowest BCUT2D eigenvalue weighted by molar-refractivity contribution is -0.135. The second-order valence-electron chi connectivity index (χ2n) is 8.46. The molecule has 2 saturated heterocycles. The SMILES string of the molecule is CN=C(NCc1ccc(CN2CCC(O)CC2)cc1)N1CCN(C2CC2)C(=O)C1.I. The number of halogens is 1. The molecule has 1 aliphatic carbocycles. The molecule has 0 spiro atoms. The predicted molar refractivity (Wildman–Crippen MR) is 129 cm³/mol. The van der Waals surface area contributed by atoms with Gasteiger partial charge in [0.2, 0.25) is 5.91 Å². The first-order valence-electron chi connectivity index (χ1n) is 10.9. The molecule has 3 fully saturated rings. The molecule has 166 valence electrons. The number of nitrogens with one attached hydrogen (secondary N) is 1. The lowest BCUT2D eigenvalue weighted by atomic mass is 10.1. The van der Waals surface area contributed by atoms with Crippen LogP contribution in [-0.2, 0) is 17.9 Å². The molecule has 2 heterocycles. The number of hydrogen-bond acceptors (Lipinski definition) is 4. The van der Waals surface area contributed by atoms with Gasteiger partial charge in [-0.3, -0.25) is 14.7 Å². The lowest BCUT2D eigenvalue weighted by Crippen LogP contribution is -2.55. The van der Waals surface area contributed by atoms with Crippen molar-refractivity contribution >= 4 is 35.8 Å². The van der Waals surface area contributed by atoms with Crippen molar-refractivity contribution in [2.24, 2.45) is 4.99 Å². The number of aliphatic hydroxyl groups is 1. The highest BCUT2D eigenvalue weighted by molar-refractivity contribution is 14.0. The zero-order valence-corrected chi connectivity index (χ0v) is 20.1. The average molecular weight is 527 g/mol. The van der Waals surface area contributed by atoms with Gasteiger partial charge in [0.05, 0.1) is 12.6 Å². The van der Waals surface area contributed by atoms with Gasteiger partial charge < -0.3 is 20.2 Å². The number of carbonyl (C=O) groups is 1. The minimum Gasteiger partial charge on any atom is -0.393 e. The van der Waals surface area contributed by atoms with E-state index in [4.69, 9.17) is 0 Å². The summed E-state index contributed by atoms with van der Waals surface area (Å²) >= 11 is 0. The summed E-state index contributed by atoms with van der Waals surface area (Å²) in [5.74, 6) is 1.01. The Morgan fingerprint density at radius 2 is 1.73 bits per heavy atom. The van der Waals surface area contributed by atoms with Crippen LogP contribution in [0, 0.1) is 0 Å². The van der Waals surface area contributed by atoms with Gasteiger partial charge in [-0.15, -0.1) is 24.0 Å². The van der Waals surface area contributed by atoms with Crippen LogP contribution in [0.3, 0.4) is 0 Å². The van der Waals surface area contributed by atoms with Gasteiger partial charge in [0, 0.05) is 52.4 Å². The maximum absolute atomic E-state index is 12.4. The molecule has 1 saturated carbocycles. The molecule has 1 aromatic carbocycles. The van der Waals surface area contributed by atoms with E-state index in [0.717, 1.165) is 64.4 Å². The molecule has 0 unspecified atom stereocenters. The highest BCUT2D eigenvalue weighted by atomic mass is 127. The molecule has 0 atom stereocenters. The summed E-state index contributed by atoms with van der Waals surface area (Å²) in [7, 11) is 1.78. The number of aliphatic imine (C=N–C) groups is 1. The number of carbonyl (C=O) groups excluding carboxylic acids is 1. The molecule has 2 N–H and O–H groups in total. The quantitative estimate of drug-likeness (QED) is 0.346. The molecule has 3 aliphatic rings. The molecule has 8 heteroatoms. The zero-order valence-electron chi connectivity index (χ0n) is 17.8. The van der Waals surface area contributed by atoms with Crippen LogP contribution in [0.2, 0.25) is 0 Å². The second kappa shape index (κ2) is 10.8. The Labute approximate surface area is 196 Å². The van der Waals surface area contributed by atoms with E-state index in [0.29, 0.717) is 19.1 Å². The van der Waals surface area contributed by atoms with Crippen LogP contribution in [0.25, 0.3) is 0 Å². The van der Waals surface area contributed by atoms with Crippen LogP contribution in [0.4, 0.5) is 0 Å². The largest absolute Gasteiger partial charge is 0.393 e. The molecular weight excluding hydrogens is 493 g/mol. The van der Waals surface area contributed by atoms with Crippen molar-refractivity contribution in [3.63, 3.8) is 0 Å². The van der Waals surface area contributed by atoms with Crippen molar-refractivity contribution in [1.29, 1.82) is 0 Å². The summed E-state index contributed by atoms with van der Waals surface area (Å²) in [6.07, 6.45) is 3.95. The molecular formula is C22H34IN5O2. The molecule has 7 nitrogen and oxygen atoms in total. The van der Waals surface area contributed by atoms with Crippen LogP contribution in [0.5, 0.6) is 0 Å². The number of piperidine rings is 1. The van der Waals surface area contributed by atoms with E-state index in [1.807, 2.05) is 4.90 Å². The summed E-state index contributed by atoms with van der Waals surface area (Å²) in [5.41, 5.74) is 2.50. The lowest BCUT2D eigenvalue weighted by Gasteiger charge is -2.36. The van der Waals surface area contributed by atoms with Crippen molar-refractivity contribution in [3.8, 4) is 0 Å². The monoisotopic (exact) mass is 527 g/mol. The number of guanidine groups is 1. The molecule has 1 amide bonds. The number of nitrogens with zero attached hydrogens (tertiary/aromatic N) is 4. The highest BCUT2D eigenvalue weighted by Gasteiger charge is 2.36. The highest BCUT2D eigenvalue weighted by Crippen LogP contribution is 2.28. The Morgan fingerprint density at radius 1 is 1.07 bits per heavy atom. The van der Waals surface area contributed by atoms with Crippen molar-refractivity contribution in [2.75, 3.05) is 39.8 Å². The summed E-state index contributed by atoms with van der Waals surface area (Å²) in [6, 6.07) is 9.17. The van der Waals surface area contributed by atoms with Gasteiger partial charge in [-0.25, -0.2) is 0 Å². The van der Waals surface area contributed by atoms with E-state index < -0.39 is 0 Å². The average Bonchev–Trinajstić information content (AvgIpc) is 3.57. The first-order valence-corrected chi connectivity index (χ1v) is 10.9. The summed E-state index contributed by atoms with van der Waals surface area (Å²) in [4.78, 5) is 23.3. The van der Waals surface area contributed by atoms with Gasteiger partial charge in [0.25, 0.3) is 0 Å². The van der Waals surface area contributed by atoms with E-state index in [2.05, 4.69) is 44.4 Å². The normalized spacial score (nSPS) is 21.5. The predicted octanol–water partition coefficient (Wildman–Crippen LogP) is 1.64. The Hall–Kier alpha value is -1.39. The Kier molecular flexibility index (Phi) is 8.35. The minimum absolute atomic E-state index is 0. The first-order chi connectivity index (χ1) is 14.1. The smallest absolute Gasteiger partial charge is 0.242 e. The minimum atomic E-state index is -0.124. The number of hydrogen-bond donors (Lipinski definition) is 2. The van der Waals surface area contributed by atoms with Gasteiger partial charge >= 0.3 is 0 Å². The summed E-state index contributed by atoms with van der Waals surface area (Å²) < 4.78 is 0. The van der Waals surface area contributed by atoms with E-state index in [9.17, 15) is 9.90 Å². The number of rotatable bonds is 5. The van der Waals surface area contributed by atoms with Crippen molar-refractivity contribution in [1.82, 2.24) is 20.0 Å². The standard InChI is InChI=1S/C22H33N5O2.HI/c1-23-22(26-12-13-27(19-6-7-19)21(29)16-26)24-14-17-2-4-18(5-3-17)15-25-10-8-20(28)9-11-25;/h2-5,19-20,28H,6-16H2,1H3,(H,23,24);1H. The third kappa shape index (κ3) is 6.07. The molecule has 30 heavy (non-hydrogen) atoms. The van der Waals surface area contributed by atoms with Crippen LogP contribution in [0.15, 0.2) is 29.3 Å². The zero-order chi connectivity index (χ0) is 20.2. The molecule has 0 bridgehead atoms. The molecule has 4 rings (SSSR count). The topological polar surface area (TPSA) is 71.4 Å². The van der Waals surface area contributed by atoms with Gasteiger partial charge in [-0.05, 0) is 36.8 Å². The van der Waals surface area contributed by atoms with Gasteiger partial charge in [0.15, 0.2) is 5.96 Å². The molecule has 0 radical (unpaired) electrons. The van der Waals surface area contributed by atoms with Crippen LogP contribution in [0.1, 0.15) is 36.8 Å². The summed E-state index contributed by atoms with van der Waals surface area (Å²) in [6.45, 7) is 5.62. The maximum atomic E-state index is 12.4. The van der Waals surface area contributed by atoms with Gasteiger partial charge in [-0.1, -0.05) is 24.3 Å². The third-order valence-electron chi connectivity index (χ3n) is 6.19. The van der Waals surface area contributed by atoms with Gasteiger partial charge in [0.1, 0.15) is 0 Å². The number of benzene rings is 1. The third-order valence-corrected chi connectivity index (χ3v) is 6.19. The Balaban J connectivity index is 0.00000256. The number of piperazine rings is 1. The van der Waals surface area contributed by atoms with Crippen LogP contribution >= 0.6 is 24.0 Å².